The second-order valence-electron chi connectivity index (χ2n) is 6.02. The Kier molecular flexibility index (Phi) is 5.09. The predicted octanol–water partition coefficient (Wildman–Crippen LogP) is 3.71. The Balaban J connectivity index is 1.70. The molecule has 0 aliphatic carbocycles. The van der Waals surface area contributed by atoms with E-state index in [1.54, 1.807) is 19.4 Å². The molecule has 2 aromatic carbocycles. The third-order valence-corrected chi connectivity index (χ3v) is 3.96. The Labute approximate surface area is 145 Å². The van der Waals surface area contributed by atoms with Crippen molar-refractivity contribution in [3.63, 3.8) is 0 Å². The van der Waals surface area contributed by atoms with Gasteiger partial charge in [-0.05, 0) is 55.0 Å². The summed E-state index contributed by atoms with van der Waals surface area (Å²) < 4.78 is 18.5. The van der Waals surface area contributed by atoms with Crippen LogP contribution in [0.5, 0.6) is 0 Å². The summed E-state index contributed by atoms with van der Waals surface area (Å²) in [6.07, 6.45) is 1.55. The maximum absolute atomic E-state index is 13.4. The van der Waals surface area contributed by atoms with Crippen LogP contribution in [0.3, 0.4) is 0 Å². The van der Waals surface area contributed by atoms with Crippen LogP contribution in [0, 0.1) is 5.82 Å². The Hall–Kier alpha value is -2.73. The highest BCUT2D eigenvalue weighted by Crippen LogP contribution is 2.32. The molecule has 5 nitrogen and oxygen atoms in total. The molecule has 0 saturated heterocycles. The van der Waals surface area contributed by atoms with E-state index in [9.17, 15) is 9.18 Å². The van der Waals surface area contributed by atoms with Crippen molar-refractivity contribution in [3.05, 3.63) is 53.8 Å². The molecule has 2 atom stereocenters. The minimum absolute atomic E-state index is 0.198. The van der Waals surface area contributed by atoms with Crippen molar-refractivity contribution in [1.82, 2.24) is 0 Å². The zero-order valence-electron chi connectivity index (χ0n) is 14.1. The minimum atomic E-state index is -0.578. The summed E-state index contributed by atoms with van der Waals surface area (Å²) in [7, 11) is 1.67. The van der Waals surface area contributed by atoms with Gasteiger partial charge in [0, 0.05) is 30.7 Å². The number of fused-ring (bicyclic) bond motifs is 1. The van der Waals surface area contributed by atoms with Crippen molar-refractivity contribution in [2.75, 3.05) is 24.4 Å². The molecule has 1 aliphatic rings. The lowest BCUT2D eigenvalue weighted by Gasteiger charge is -2.14. The molecular formula is C19H20FN3O2. The van der Waals surface area contributed by atoms with Crippen molar-refractivity contribution in [3.8, 4) is 0 Å². The molecule has 130 valence electrons. The summed E-state index contributed by atoms with van der Waals surface area (Å²) in [5.41, 5.74) is 2.94. The van der Waals surface area contributed by atoms with Gasteiger partial charge in [0.25, 0.3) is 0 Å². The summed E-state index contributed by atoms with van der Waals surface area (Å²) in [5, 5.41) is 6.05. The lowest BCUT2D eigenvalue weighted by Crippen LogP contribution is -2.20. The highest BCUT2D eigenvalue weighted by Gasteiger charge is 2.29. The van der Waals surface area contributed by atoms with Crippen molar-refractivity contribution in [2.45, 2.75) is 18.9 Å². The number of methoxy groups -OCH3 is 1. The van der Waals surface area contributed by atoms with E-state index >= 15 is 0 Å². The third-order valence-electron chi connectivity index (χ3n) is 3.96. The monoisotopic (exact) mass is 341 g/mol. The molecule has 0 radical (unpaired) electrons. The first kappa shape index (κ1) is 17.1. The first-order valence-corrected chi connectivity index (χ1v) is 8.07. The van der Waals surface area contributed by atoms with Gasteiger partial charge in [0.1, 0.15) is 11.7 Å². The van der Waals surface area contributed by atoms with Gasteiger partial charge in [-0.3, -0.25) is 9.79 Å². The highest BCUT2D eigenvalue weighted by molar-refractivity contribution is 6.12. The zero-order valence-corrected chi connectivity index (χ0v) is 14.1. The molecule has 1 heterocycles. The van der Waals surface area contributed by atoms with E-state index in [1.165, 1.54) is 12.1 Å². The summed E-state index contributed by atoms with van der Waals surface area (Å²) in [4.78, 5) is 16.4. The van der Waals surface area contributed by atoms with E-state index in [-0.39, 0.29) is 17.8 Å². The van der Waals surface area contributed by atoms with Gasteiger partial charge in [0.15, 0.2) is 0 Å². The molecule has 1 amide bonds. The van der Waals surface area contributed by atoms with Crippen LogP contribution in [0.25, 0.3) is 0 Å². The molecule has 25 heavy (non-hydrogen) atoms. The van der Waals surface area contributed by atoms with Crippen LogP contribution in [0.4, 0.5) is 21.5 Å². The number of halogens is 1. The van der Waals surface area contributed by atoms with Gasteiger partial charge in [-0.15, -0.1) is 0 Å². The number of aliphatic imine (C=N–C) groups is 1. The van der Waals surface area contributed by atoms with Gasteiger partial charge in [-0.1, -0.05) is 0 Å². The minimum Gasteiger partial charge on any atom is -0.383 e. The van der Waals surface area contributed by atoms with Gasteiger partial charge in [-0.25, -0.2) is 4.39 Å². The van der Waals surface area contributed by atoms with E-state index in [2.05, 4.69) is 15.6 Å². The van der Waals surface area contributed by atoms with Gasteiger partial charge in [-0.2, -0.15) is 0 Å². The van der Waals surface area contributed by atoms with E-state index in [0.29, 0.717) is 17.9 Å². The zero-order chi connectivity index (χ0) is 17.8. The summed E-state index contributed by atoms with van der Waals surface area (Å²) in [5.74, 6) is -1.14. The van der Waals surface area contributed by atoms with Crippen molar-refractivity contribution < 1.29 is 13.9 Å². The maximum atomic E-state index is 13.4. The van der Waals surface area contributed by atoms with Crippen LogP contribution >= 0.6 is 0 Å². The number of anilines is 2. The Morgan fingerprint density at radius 2 is 2.08 bits per heavy atom. The number of benzene rings is 2. The molecule has 0 bridgehead atoms. The Morgan fingerprint density at radius 1 is 1.32 bits per heavy atom. The van der Waals surface area contributed by atoms with Gasteiger partial charge < -0.3 is 15.4 Å². The fraction of sp³-hybridized carbons (Fsp3) is 0.263. The van der Waals surface area contributed by atoms with Crippen molar-refractivity contribution in [2.24, 2.45) is 4.99 Å². The number of carbonyl (C=O) groups excluding carboxylic acids is 1. The number of amides is 1. The van der Waals surface area contributed by atoms with E-state index < -0.39 is 5.92 Å². The van der Waals surface area contributed by atoms with Gasteiger partial charge in [0.2, 0.25) is 5.91 Å². The quantitative estimate of drug-likeness (QED) is 0.787. The van der Waals surface area contributed by atoms with Crippen LogP contribution < -0.4 is 10.6 Å². The first-order chi connectivity index (χ1) is 12.1. The van der Waals surface area contributed by atoms with E-state index in [0.717, 1.165) is 11.4 Å². The summed E-state index contributed by atoms with van der Waals surface area (Å²) >= 11 is 0. The number of ether oxygens (including phenoxy) is 1. The van der Waals surface area contributed by atoms with Crippen molar-refractivity contribution >= 4 is 29.2 Å². The third kappa shape index (κ3) is 4.03. The normalized spacial score (nSPS) is 17.4. The summed E-state index contributed by atoms with van der Waals surface area (Å²) in [6, 6.07) is 12.0. The smallest absolute Gasteiger partial charge is 0.237 e. The molecule has 0 spiro atoms. The SMILES string of the molecule is COCC(C)Nc1ccc(N=CC2C(=O)Nc3ccc(F)cc32)cc1. The van der Waals surface area contributed by atoms with Gasteiger partial charge >= 0.3 is 0 Å². The molecule has 1 aliphatic heterocycles. The molecule has 0 saturated carbocycles. The number of hydrogen-bond acceptors (Lipinski definition) is 4. The van der Waals surface area contributed by atoms with Crippen LogP contribution in [0.1, 0.15) is 18.4 Å². The second kappa shape index (κ2) is 7.44. The Morgan fingerprint density at radius 3 is 2.80 bits per heavy atom. The number of rotatable bonds is 6. The molecule has 0 aromatic heterocycles. The van der Waals surface area contributed by atoms with Crippen molar-refractivity contribution in [1.29, 1.82) is 0 Å². The molecular weight excluding hydrogens is 321 g/mol. The molecule has 3 rings (SSSR count). The molecule has 6 heteroatoms. The standard InChI is InChI=1S/C19H20FN3O2/c1-12(11-25-2)22-15-6-4-14(5-7-15)21-10-17-16-9-13(20)3-8-18(16)23-19(17)24/h3-10,12,17,22H,11H2,1-2H3,(H,23,24). The fourth-order valence-corrected chi connectivity index (χ4v) is 2.78. The molecule has 0 fully saturated rings. The molecule has 2 N–H and O–H groups in total. The van der Waals surface area contributed by atoms with Crippen LogP contribution in [-0.2, 0) is 9.53 Å². The number of hydrogen-bond donors (Lipinski definition) is 2. The van der Waals surface area contributed by atoms with Crippen LogP contribution in [-0.4, -0.2) is 31.9 Å². The topological polar surface area (TPSA) is 62.7 Å². The van der Waals surface area contributed by atoms with E-state index in [4.69, 9.17) is 4.74 Å². The van der Waals surface area contributed by atoms with Crippen LogP contribution in [0.15, 0.2) is 47.5 Å². The highest BCUT2D eigenvalue weighted by atomic mass is 19.1. The average molecular weight is 341 g/mol. The van der Waals surface area contributed by atoms with Crippen LogP contribution in [0.2, 0.25) is 0 Å². The largest absolute Gasteiger partial charge is 0.383 e. The fourth-order valence-electron chi connectivity index (χ4n) is 2.78. The van der Waals surface area contributed by atoms with Gasteiger partial charge in [0.05, 0.1) is 12.3 Å². The second-order valence-corrected chi connectivity index (χ2v) is 6.02. The molecule has 2 unspecified atom stereocenters. The number of carbonyl (C=O) groups is 1. The summed E-state index contributed by atoms with van der Waals surface area (Å²) in [6.45, 7) is 2.65. The first-order valence-electron chi connectivity index (χ1n) is 8.07. The number of nitrogens with one attached hydrogen (secondary N) is 2. The maximum Gasteiger partial charge on any atom is 0.237 e. The number of nitrogens with zero attached hydrogens (tertiary/aromatic N) is 1. The average Bonchev–Trinajstić information content (AvgIpc) is 2.89. The Bertz CT molecular complexity index is 790. The predicted molar refractivity (Wildman–Crippen MR) is 97.3 cm³/mol. The lowest BCUT2D eigenvalue weighted by atomic mass is 10.0. The lowest BCUT2D eigenvalue weighted by molar-refractivity contribution is -0.115. The van der Waals surface area contributed by atoms with E-state index in [1.807, 2.05) is 31.2 Å². The molecule has 2 aromatic rings.